The van der Waals surface area contributed by atoms with Gasteiger partial charge in [0.2, 0.25) is 6.04 Å². The summed E-state index contributed by atoms with van der Waals surface area (Å²) in [4.78, 5) is 67.2. The first-order valence-electron chi connectivity index (χ1n) is 17.2. The third-order valence-corrected chi connectivity index (χ3v) is 9.68. The third kappa shape index (κ3) is 9.47. The molecule has 0 bridgehead atoms. The fraction of sp³-hybridized carbons (Fsp3) is 0.794. The Kier molecular flexibility index (Phi) is 14.4. The molecule has 0 radical (unpaired) electrons. The monoisotopic (exact) mass is 602 g/mol. The molecule has 1 aliphatic carbocycles. The lowest BCUT2D eigenvalue weighted by Gasteiger charge is -2.47. The summed E-state index contributed by atoms with van der Waals surface area (Å²) in [5.74, 6) is -1.32. The Morgan fingerprint density at radius 1 is 0.814 bits per heavy atom. The number of hydrogen-bond donors (Lipinski definition) is 0. The summed E-state index contributed by atoms with van der Waals surface area (Å²) in [5.41, 5.74) is 0. The quantitative estimate of drug-likeness (QED) is 0.0733. The van der Waals surface area contributed by atoms with Crippen LogP contribution >= 0.6 is 0 Å². The minimum Gasteiger partial charge on any atom is -0.458 e. The number of ether oxygens (including phenoxy) is 1. The molecule has 0 aromatic heterocycles. The molecule has 0 aromatic carbocycles. The molecule has 2 unspecified atom stereocenters. The average Bonchev–Trinajstić information content (AvgIpc) is 3.51. The van der Waals surface area contributed by atoms with E-state index in [-0.39, 0.29) is 59.1 Å². The van der Waals surface area contributed by atoms with E-state index >= 15 is 0 Å². The first-order chi connectivity index (χ1) is 20.8. The molecular formula is C34H56N3O6+. The van der Waals surface area contributed by atoms with E-state index in [1.807, 2.05) is 6.92 Å². The van der Waals surface area contributed by atoms with E-state index in [0.717, 1.165) is 89.9 Å². The van der Waals surface area contributed by atoms with Gasteiger partial charge in [0.25, 0.3) is 23.6 Å². The summed E-state index contributed by atoms with van der Waals surface area (Å²) >= 11 is 0. The Hall–Kier alpha value is -2.55. The molecular weight excluding hydrogens is 546 g/mol. The highest BCUT2D eigenvalue weighted by molar-refractivity contribution is 6.12. The average molecular weight is 603 g/mol. The number of amides is 4. The van der Waals surface area contributed by atoms with Gasteiger partial charge in [-0.1, -0.05) is 59.3 Å². The lowest BCUT2D eigenvalue weighted by molar-refractivity contribution is -1.03. The Labute approximate surface area is 258 Å². The highest BCUT2D eigenvalue weighted by Crippen LogP contribution is 2.34. The van der Waals surface area contributed by atoms with Gasteiger partial charge in [0.1, 0.15) is 19.2 Å². The van der Waals surface area contributed by atoms with Crippen molar-refractivity contribution in [3.8, 4) is 0 Å². The number of nitrogens with zero attached hydrogens (tertiary/aromatic N) is 3. The second-order valence-electron chi connectivity index (χ2n) is 12.8. The van der Waals surface area contributed by atoms with Gasteiger partial charge in [-0.3, -0.25) is 24.1 Å². The molecule has 1 saturated carbocycles. The van der Waals surface area contributed by atoms with Crippen molar-refractivity contribution in [3.05, 3.63) is 12.2 Å². The zero-order valence-corrected chi connectivity index (χ0v) is 27.0. The van der Waals surface area contributed by atoms with Crippen LogP contribution in [-0.2, 0) is 28.7 Å². The first kappa shape index (κ1) is 34.9. The molecule has 0 spiro atoms. The van der Waals surface area contributed by atoms with Crippen molar-refractivity contribution in [1.29, 1.82) is 0 Å². The standard InChI is InChI=1S/C34H56N3O6/c1-4-7-9-14-24-37(25-15-10-8-5-2,36-32(40)22-23-33(36)41)29(34(42)43-28-16-12-11-13-17-28)19-18-27(6-3)26-35-30(38)20-21-31(35)39/h20-21,27-29H,4-19,22-26H2,1-3H3/q+1. The van der Waals surface area contributed by atoms with Crippen molar-refractivity contribution < 1.29 is 33.3 Å². The van der Waals surface area contributed by atoms with E-state index in [9.17, 15) is 24.0 Å². The predicted molar refractivity (Wildman–Crippen MR) is 165 cm³/mol. The van der Waals surface area contributed by atoms with Crippen LogP contribution in [0.2, 0.25) is 0 Å². The van der Waals surface area contributed by atoms with Crippen LogP contribution < -0.4 is 0 Å². The highest BCUT2D eigenvalue weighted by Gasteiger charge is 2.54. The minimum atomic E-state index is -0.701. The molecule has 3 aliphatic rings. The maximum atomic E-state index is 14.3. The van der Waals surface area contributed by atoms with Gasteiger partial charge in [0.15, 0.2) is 0 Å². The van der Waals surface area contributed by atoms with Crippen LogP contribution in [-0.4, -0.2) is 75.9 Å². The van der Waals surface area contributed by atoms with E-state index < -0.39 is 6.04 Å². The molecule has 3 rings (SSSR count). The van der Waals surface area contributed by atoms with E-state index in [1.54, 1.807) is 0 Å². The maximum Gasteiger partial charge on any atom is 0.367 e. The van der Waals surface area contributed by atoms with Crippen LogP contribution in [0, 0.1) is 5.92 Å². The lowest BCUT2D eigenvalue weighted by Crippen LogP contribution is -2.70. The van der Waals surface area contributed by atoms with Crippen LogP contribution in [0.3, 0.4) is 0 Å². The number of esters is 1. The van der Waals surface area contributed by atoms with E-state index in [2.05, 4.69) is 13.8 Å². The van der Waals surface area contributed by atoms with Gasteiger partial charge < -0.3 is 4.74 Å². The van der Waals surface area contributed by atoms with Gasteiger partial charge in [-0.2, -0.15) is 4.59 Å². The number of rotatable bonds is 20. The van der Waals surface area contributed by atoms with Gasteiger partial charge in [0.05, 0.1) is 0 Å². The molecule has 4 amide bonds. The fourth-order valence-corrected chi connectivity index (χ4v) is 7.06. The lowest BCUT2D eigenvalue weighted by atomic mass is 9.94. The highest BCUT2D eigenvalue weighted by atomic mass is 16.5. The zero-order valence-electron chi connectivity index (χ0n) is 27.0. The Bertz CT molecular complexity index is 943. The van der Waals surface area contributed by atoms with E-state index in [1.165, 1.54) is 22.1 Å². The van der Waals surface area contributed by atoms with Gasteiger partial charge >= 0.3 is 5.97 Å². The van der Waals surface area contributed by atoms with Crippen molar-refractivity contribution in [2.24, 2.45) is 5.92 Å². The summed E-state index contributed by atoms with van der Waals surface area (Å²) in [6.45, 7) is 7.71. The van der Waals surface area contributed by atoms with Crippen LogP contribution in [0.15, 0.2) is 12.2 Å². The number of quaternary nitrogens is 1. The second kappa shape index (κ2) is 17.7. The Morgan fingerprint density at radius 2 is 1.37 bits per heavy atom. The van der Waals surface area contributed by atoms with Crippen molar-refractivity contribution in [2.75, 3.05) is 19.6 Å². The summed E-state index contributed by atoms with van der Waals surface area (Å²) in [7, 11) is 0. The molecule has 1 saturated heterocycles. The summed E-state index contributed by atoms with van der Waals surface area (Å²) < 4.78 is 6.27. The summed E-state index contributed by atoms with van der Waals surface area (Å²) in [6, 6.07) is -0.701. The first-order valence-corrected chi connectivity index (χ1v) is 17.2. The predicted octanol–water partition coefficient (Wildman–Crippen LogP) is 6.00. The van der Waals surface area contributed by atoms with Crippen LogP contribution in [0.25, 0.3) is 0 Å². The molecule has 2 aliphatic heterocycles. The van der Waals surface area contributed by atoms with Gasteiger partial charge in [0, 0.05) is 38.0 Å². The fourth-order valence-electron chi connectivity index (χ4n) is 7.06. The number of carbonyl (C=O) groups is 5. The van der Waals surface area contributed by atoms with Crippen molar-refractivity contribution in [1.82, 2.24) is 9.91 Å². The molecule has 43 heavy (non-hydrogen) atoms. The molecule has 0 N–H and O–H groups in total. The van der Waals surface area contributed by atoms with Gasteiger partial charge in [-0.25, -0.2) is 4.79 Å². The van der Waals surface area contributed by atoms with Gasteiger partial charge in [-0.15, -0.1) is 5.01 Å². The second-order valence-corrected chi connectivity index (χ2v) is 12.8. The summed E-state index contributed by atoms with van der Waals surface area (Å²) in [5, 5.41) is 1.45. The van der Waals surface area contributed by atoms with Crippen LogP contribution in [0.4, 0.5) is 0 Å². The molecule has 242 valence electrons. The number of imide groups is 2. The topological polar surface area (TPSA) is 101 Å². The number of carbonyl (C=O) groups excluding carboxylic acids is 5. The molecule has 9 heteroatoms. The van der Waals surface area contributed by atoms with Crippen molar-refractivity contribution in [2.45, 2.75) is 148 Å². The van der Waals surface area contributed by atoms with Crippen molar-refractivity contribution >= 4 is 29.6 Å². The number of unbranched alkanes of at least 4 members (excludes halogenated alkanes) is 6. The molecule has 2 atom stereocenters. The minimum absolute atomic E-state index is 0.00940. The molecule has 0 aromatic rings. The zero-order chi connectivity index (χ0) is 31.2. The van der Waals surface area contributed by atoms with Crippen molar-refractivity contribution in [3.63, 3.8) is 0 Å². The van der Waals surface area contributed by atoms with E-state index in [4.69, 9.17) is 4.74 Å². The van der Waals surface area contributed by atoms with E-state index in [0.29, 0.717) is 32.5 Å². The molecule has 9 nitrogen and oxygen atoms in total. The van der Waals surface area contributed by atoms with Gasteiger partial charge in [-0.05, 0) is 63.7 Å². The third-order valence-electron chi connectivity index (χ3n) is 9.68. The van der Waals surface area contributed by atoms with Crippen LogP contribution in [0.5, 0.6) is 0 Å². The van der Waals surface area contributed by atoms with Crippen LogP contribution in [0.1, 0.15) is 136 Å². The Morgan fingerprint density at radius 3 is 1.88 bits per heavy atom. The molecule has 2 heterocycles. The molecule has 2 fully saturated rings. The Balaban J connectivity index is 1.97. The largest absolute Gasteiger partial charge is 0.458 e. The summed E-state index contributed by atoms with van der Waals surface area (Å²) in [6.07, 6.45) is 17.2. The normalized spacial score (nSPS) is 19.5. The maximum absolute atomic E-state index is 14.3. The number of hydrogen-bond acceptors (Lipinski definition) is 6. The smallest absolute Gasteiger partial charge is 0.367 e. The SMILES string of the molecule is CCCCCC[N+](CCCCCC)(C(CCC(CC)CN1C(=O)C=CC1=O)C(=O)OC1CCCCC1)N1C(=O)CCC1=O.